The predicted molar refractivity (Wildman–Crippen MR) is 75.3 cm³/mol. The third-order valence-electron chi connectivity index (χ3n) is 3.62. The molecule has 2 aromatic rings. The third kappa shape index (κ3) is 2.37. The van der Waals surface area contributed by atoms with Crippen LogP contribution in [0, 0.1) is 0 Å². The van der Waals surface area contributed by atoms with E-state index in [4.69, 9.17) is 10.9 Å². The van der Waals surface area contributed by atoms with Crippen molar-refractivity contribution >= 4 is 5.84 Å². The maximum atomic E-state index is 8.86. The first-order chi connectivity index (χ1) is 9.78. The number of fused-ring (bicyclic) bond motifs is 1. The Morgan fingerprint density at radius 2 is 2.20 bits per heavy atom. The van der Waals surface area contributed by atoms with Crippen molar-refractivity contribution < 1.29 is 5.21 Å². The highest BCUT2D eigenvalue weighted by Crippen LogP contribution is 2.16. The van der Waals surface area contributed by atoms with E-state index in [-0.39, 0.29) is 5.84 Å². The van der Waals surface area contributed by atoms with Crippen LogP contribution in [0.3, 0.4) is 0 Å². The Balaban J connectivity index is 1.79. The molecular formula is C14H17N5O. The van der Waals surface area contributed by atoms with Crippen LogP contribution in [-0.4, -0.2) is 32.0 Å². The number of rotatable bonds is 3. The van der Waals surface area contributed by atoms with Gasteiger partial charge in [0.05, 0.1) is 6.54 Å². The minimum Gasteiger partial charge on any atom is -0.409 e. The Kier molecular flexibility index (Phi) is 3.39. The molecule has 0 bridgehead atoms. The van der Waals surface area contributed by atoms with E-state index in [0.717, 1.165) is 43.1 Å². The number of oxime groups is 1. The number of aromatic nitrogens is 2. The highest BCUT2D eigenvalue weighted by atomic mass is 16.4. The number of hydrogen-bond donors (Lipinski definition) is 2. The van der Waals surface area contributed by atoms with E-state index in [1.165, 1.54) is 0 Å². The summed E-state index contributed by atoms with van der Waals surface area (Å²) in [7, 11) is 0. The highest BCUT2D eigenvalue weighted by Gasteiger charge is 2.18. The van der Waals surface area contributed by atoms with Crippen LogP contribution in [0.25, 0.3) is 0 Å². The van der Waals surface area contributed by atoms with Crippen LogP contribution < -0.4 is 5.73 Å². The van der Waals surface area contributed by atoms with Crippen molar-refractivity contribution in [1.82, 2.24) is 14.5 Å². The molecule has 1 aliphatic rings. The van der Waals surface area contributed by atoms with Gasteiger partial charge in [0, 0.05) is 37.6 Å². The average Bonchev–Trinajstić information content (AvgIpc) is 2.94. The van der Waals surface area contributed by atoms with E-state index in [0.29, 0.717) is 0 Å². The Labute approximate surface area is 117 Å². The summed E-state index contributed by atoms with van der Waals surface area (Å²) in [5.41, 5.74) is 7.56. The Morgan fingerprint density at radius 1 is 1.35 bits per heavy atom. The summed E-state index contributed by atoms with van der Waals surface area (Å²) in [4.78, 5) is 6.67. The van der Waals surface area contributed by atoms with Gasteiger partial charge in [-0.2, -0.15) is 0 Å². The van der Waals surface area contributed by atoms with E-state index in [2.05, 4.69) is 19.6 Å². The predicted octanol–water partition coefficient (Wildman–Crippen LogP) is 0.993. The molecule has 1 aromatic carbocycles. The maximum Gasteiger partial charge on any atom is 0.170 e. The zero-order valence-corrected chi connectivity index (χ0v) is 11.1. The molecule has 20 heavy (non-hydrogen) atoms. The largest absolute Gasteiger partial charge is 0.409 e. The van der Waals surface area contributed by atoms with Crippen molar-refractivity contribution in [3.05, 3.63) is 53.6 Å². The summed E-state index contributed by atoms with van der Waals surface area (Å²) >= 11 is 0. The minimum absolute atomic E-state index is 0.152. The molecule has 1 aliphatic heterocycles. The number of hydrogen-bond acceptors (Lipinski definition) is 4. The fraction of sp³-hybridized carbons (Fsp3) is 0.286. The molecule has 0 radical (unpaired) electrons. The van der Waals surface area contributed by atoms with Crippen LogP contribution in [0.1, 0.15) is 17.0 Å². The van der Waals surface area contributed by atoms with Crippen LogP contribution in [0.4, 0.5) is 0 Å². The standard InChI is InChI=1S/C14H17N5O/c15-14(17-20)12-4-2-1-3-11(12)9-18-7-8-19-6-5-16-13(19)10-18/h1-6,20H,7-10H2,(H2,15,17). The molecule has 0 fully saturated rings. The molecule has 0 saturated carbocycles. The second kappa shape index (κ2) is 5.34. The Bertz CT molecular complexity index is 634. The van der Waals surface area contributed by atoms with Crippen LogP contribution in [0.5, 0.6) is 0 Å². The molecular weight excluding hydrogens is 254 g/mol. The second-order valence-corrected chi connectivity index (χ2v) is 4.89. The average molecular weight is 271 g/mol. The van der Waals surface area contributed by atoms with Gasteiger partial charge in [-0.05, 0) is 5.56 Å². The minimum atomic E-state index is 0.152. The molecule has 3 rings (SSSR count). The number of benzene rings is 1. The summed E-state index contributed by atoms with van der Waals surface area (Å²) in [6.07, 6.45) is 3.85. The molecule has 6 heteroatoms. The zero-order chi connectivity index (χ0) is 13.9. The Morgan fingerprint density at radius 3 is 3.05 bits per heavy atom. The zero-order valence-electron chi connectivity index (χ0n) is 11.1. The van der Waals surface area contributed by atoms with E-state index < -0.39 is 0 Å². The summed E-state index contributed by atoms with van der Waals surface area (Å²) in [6.45, 7) is 3.49. The maximum absolute atomic E-state index is 8.86. The second-order valence-electron chi connectivity index (χ2n) is 4.89. The lowest BCUT2D eigenvalue weighted by Crippen LogP contribution is -2.33. The molecule has 0 atom stereocenters. The summed E-state index contributed by atoms with van der Waals surface area (Å²) < 4.78 is 2.17. The quantitative estimate of drug-likeness (QED) is 0.378. The van der Waals surface area contributed by atoms with Gasteiger partial charge in [0.2, 0.25) is 0 Å². The van der Waals surface area contributed by atoms with Crippen molar-refractivity contribution in [2.75, 3.05) is 6.54 Å². The fourth-order valence-corrected chi connectivity index (χ4v) is 2.56. The van der Waals surface area contributed by atoms with E-state index >= 15 is 0 Å². The summed E-state index contributed by atoms with van der Waals surface area (Å²) in [5, 5.41) is 12.0. The van der Waals surface area contributed by atoms with Gasteiger partial charge in [-0.3, -0.25) is 4.90 Å². The van der Waals surface area contributed by atoms with Crippen molar-refractivity contribution in [1.29, 1.82) is 0 Å². The van der Waals surface area contributed by atoms with Gasteiger partial charge >= 0.3 is 0 Å². The van der Waals surface area contributed by atoms with Crippen LogP contribution >= 0.6 is 0 Å². The molecule has 0 aliphatic carbocycles. The van der Waals surface area contributed by atoms with Gasteiger partial charge in [0.25, 0.3) is 0 Å². The first kappa shape index (κ1) is 12.7. The molecule has 104 valence electrons. The molecule has 0 saturated heterocycles. The molecule has 1 aromatic heterocycles. The lowest BCUT2D eigenvalue weighted by Gasteiger charge is -2.28. The molecule has 3 N–H and O–H groups in total. The Hall–Kier alpha value is -2.34. The molecule has 2 heterocycles. The van der Waals surface area contributed by atoms with Crippen molar-refractivity contribution in [3.8, 4) is 0 Å². The van der Waals surface area contributed by atoms with Gasteiger partial charge in [-0.1, -0.05) is 29.4 Å². The normalized spacial score (nSPS) is 16.1. The number of imidazole rings is 1. The fourth-order valence-electron chi connectivity index (χ4n) is 2.56. The van der Waals surface area contributed by atoms with Gasteiger partial charge in [-0.15, -0.1) is 0 Å². The van der Waals surface area contributed by atoms with Gasteiger partial charge in [0.1, 0.15) is 5.82 Å². The lowest BCUT2D eigenvalue weighted by atomic mass is 10.1. The van der Waals surface area contributed by atoms with E-state index in [9.17, 15) is 0 Å². The first-order valence-electron chi connectivity index (χ1n) is 6.56. The highest BCUT2D eigenvalue weighted by molar-refractivity contribution is 5.98. The monoisotopic (exact) mass is 271 g/mol. The lowest BCUT2D eigenvalue weighted by molar-refractivity contribution is 0.208. The van der Waals surface area contributed by atoms with Crippen LogP contribution in [0.2, 0.25) is 0 Å². The van der Waals surface area contributed by atoms with Crippen molar-refractivity contribution in [2.24, 2.45) is 10.9 Å². The van der Waals surface area contributed by atoms with Gasteiger partial charge in [0.15, 0.2) is 5.84 Å². The number of nitrogens with two attached hydrogens (primary N) is 1. The first-order valence-corrected chi connectivity index (χ1v) is 6.56. The van der Waals surface area contributed by atoms with Crippen molar-refractivity contribution in [2.45, 2.75) is 19.6 Å². The SMILES string of the molecule is NC(=NO)c1ccccc1CN1CCn2ccnc2C1. The number of nitrogens with zero attached hydrogens (tertiary/aromatic N) is 4. The van der Waals surface area contributed by atoms with Gasteiger partial charge < -0.3 is 15.5 Å². The van der Waals surface area contributed by atoms with E-state index in [1.807, 2.05) is 36.7 Å². The molecule has 0 unspecified atom stereocenters. The van der Waals surface area contributed by atoms with E-state index in [1.54, 1.807) is 0 Å². The van der Waals surface area contributed by atoms with Crippen molar-refractivity contribution in [3.63, 3.8) is 0 Å². The molecule has 0 spiro atoms. The molecule has 0 amide bonds. The summed E-state index contributed by atoms with van der Waals surface area (Å²) in [6, 6.07) is 7.73. The number of amidine groups is 1. The third-order valence-corrected chi connectivity index (χ3v) is 3.62. The topological polar surface area (TPSA) is 79.7 Å². The smallest absolute Gasteiger partial charge is 0.170 e. The van der Waals surface area contributed by atoms with Gasteiger partial charge in [-0.25, -0.2) is 4.98 Å². The van der Waals surface area contributed by atoms with Crippen LogP contribution in [-0.2, 0) is 19.6 Å². The summed E-state index contributed by atoms with van der Waals surface area (Å²) in [5.74, 6) is 1.23. The molecule has 6 nitrogen and oxygen atoms in total. The van der Waals surface area contributed by atoms with Crippen LogP contribution in [0.15, 0.2) is 41.8 Å².